The van der Waals surface area contributed by atoms with E-state index in [1.165, 1.54) is 11.2 Å². The molecule has 0 saturated carbocycles. The van der Waals surface area contributed by atoms with Crippen molar-refractivity contribution >= 4 is 11.9 Å². The highest BCUT2D eigenvalue weighted by atomic mass is 16.3. The molecule has 28 heavy (non-hydrogen) atoms. The highest BCUT2D eigenvalue weighted by molar-refractivity contribution is 6.07. The number of imide groups is 1. The Labute approximate surface area is 163 Å². The third kappa shape index (κ3) is 2.97. The Hall–Kier alpha value is -3.41. The normalized spacial score (nSPS) is 19.1. The number of nitrogens with one attached hydrogen (secondary N) is 1. The van der Waals surface area contributed by atoms with E-state index in [2.05, 4.69) is 10.3 Å². The standard InChI is InChI=1S/C22H21N3O3/c1-3-22(17-7-5-4-6-8-17)20(26)25(21(27)24-22)13-18-14-28-19(23-18)16-11-9-15(2)10-12-16/h4-12,14H,3,13H2,1-2H3,(H,24,27). The molecule has 142 valence electrons. The van der Waals surface area contributed by atoms with Gasteiger partial charge in [0.1, 0.15) is 11.8 Å². The molecule has 0 spiro atoms. The van der Waals surface area contributed by atoms with Crippen molar-refractivity contribution in [2.45, 2.75) is 32.4 Å². The van der Waals surface area contributed by atoms with Crippen LogP contribution < -0.4 is 5.32 Å². The summed E-state index contributed by atoms with van der Waals surface area (Å²) in [5.74, 6) is 0.193. The van der Waals surface area contributed by atoms with Gasteiger partial charge in [-0.2, -0.15) is 0 Å². The molecule has 1 N–H and O–H groups in total. The molecular formula is C22H21N3O3. The third-order valence-electron chi connectivity index (χ3n) is 5.14. The fraction of sp³-hybridized carbons (Fsp3) is 0.227. The van der Waals surface area contributed by atoms with E-state index < -0.39 is 11.6 Å². The summed E-state index contributed by atoms with van der Waals surface area (Å²) in [5.41, 5.74) is 2.26. The first-order valence-electron chi connectivity index (χ1n) is 9.24. The van der Waals surface area contributed by atoms with E-state index in [9.17, 15) is 9.59 Å². The van der Waals surface area contributed by atoms with E-state index in [0.717, 1.165) is 16.7 Å². The number of aromatic nitrogens is 1. The van der Waals surface area contributed by atoms with Crippen LogP contribution in [0, 0.1) is 6.92 Å². The van der Waals surface area contributed by atoms with Crippen molar-refractivity contribution in [3.05, 3.63) is 77.7 Å². The van der Waals surface area contributed by atoms with Crippen LogP contribution in [-0.2, 0) is 16.9 Å². The molecule has 3 aromatic rings. The second-order valence-corrected chi connectivity index (χ2v) is 6.96. The molecule has 1 atom stereocenters. The van der Waals surface area contributed by atoms with Gasteiger partial charge in [0.25, 0.3) is 5.91 Å². The number of hydrogen-bond donors (Lipinski definition) is 1. The number of amides is 3. The zero-order chi connectivity index (χ0) is 19.7. The smallest absolute Gasteiger partial charge is 0.325 e. The molecule has 0 radical (unpaired) electrons. The number of benzene rings is 2. The number of oxazole rings is 1. The Morgan fingerprint density at radius 3 is 2.46 bits per heavy atom. The van der Waals surface area contributed by atoms with Gasteiger partial charge in [-0.1, -0.05) is 55.0 Å². The maximum atomic E-state index is 13.2. The van der Waals surface area contributed by atoms with Crippen LogP contribution in [0.5, 0.6) is 0 Å². The molecule has 6 nitrogen and oxygen atoms in total. The molecule has 0 bridgehead atoms. The Morgan fingerprint density at radius 1 is 1.07 bits per heavy atom. The zero-order valence-electron chi connectivity index (χ0n) is 15.8. The molecule has 4 rings (SSSR count). The summed E-state index contributed by atoms with van der Waals surface area (Å²) in [4.78, 5) is 31.4. The first-order chi connectivity index (χ1) is 13.5. The lowest BCUT2D eigenvalue weighted by Crippen LogP contribution is -2.43. The van der Waals surface area contributed by atoms with Gasteiger partial charge in [0, 0.05) is 5.56 Å². The van der Waals surface area contributed by atoms with E-state index in [1.807, 2.05) is 68.4 Å². The highest BCUT2D eigenvalue weighted by Gasteiger charge is 2.51. The fourth-order valence-electron chi connectivity index (χ4n) is 3.50. The SMILES string of the molecule is CCC1(c2ccccc2)NC(=O)N(Cc2coc(-c3ccc(C)cc3)n2)C1=O. The molecule has 1 fully saturated rings. The molecular weight excluding hydrogens is 354 g/mol. The van der Waals surface area contributed by atoms with Crippen LogP contribution in [0.1, 0.15) is 30.2 Å². The molecule has 0 aliphatic carbocycles. The van der Waals surface area contributed by atoms with Crippen molar-refractivity contribution in [3.8, 4) is 11.5 Å². The van der Waals surface area contributed by atoms with Crippen LogP contribution in [-0.4, -0.2) is 21.8 Å². The van der Waals surface area contributed by atoms with Gasteiger partial charge in [-0.25, -0.2) is 9.78 Å². The van der Waals surface area contributed by atoms with Crippen LogP contribution in [0.3, 0.4) is 0 Å². The van der Waals surface area contributed by atoms with Gasteiger partial charge in [-0.05, 0) is 31.0 Å². The van der Waals surface area contributed by atoms with E-state index in [4.69, 9.17) is 4.42 Å². The third-order valence-corrected chi connectivity index (χ3v) is 5.14. The Morgan fingerprint density at radius 2 is 1.79 bits per heavy atom. The molecule has 1 aliphatic rings. The number of rotatable bonds is 5. The zero-order valence-corrected chi connectivity index (χ0v) is 15.8. The second kappa shape index (κ2) is 6.96. The van der Waals surface area contributed by atoms with Crippen molar-refractivity contribution in [1.29, 1.82) is 0 Å². The van der Waals surface area contributed by atoms with E-state index in [-0.39, 0.29) is 12.5 Å². The van der Waals surface area contributed by atoms with Crippen molar-refractivity contribution in [2.24, 2.45) is 0 Å². The largest absolute Gasteiger partial charge is 0.444 e. The molecule has 1 saturated heterocycles. The quantitative estimate of drug-likeness (QED) is 0.684. The summed E-state index contributed by atoms with van der Waals surface area (Å²) in [7, 11) is 0. The molecule has 1 aromatic heterocycles. The number of aryl methyl sites for hydroxylation is 1. The topological polar surface area (TPSA) is 75.4 Å². The van der Waals surface area contributed by atoms with E-state index in [1.54, 1.807) is 0 Å². The van der Waals surface area contributed by atoms with Crippen molar-refractivity contribution in [3.63, 3.8) is 0 Å². The van der Waals surface area contributed by atoms with Crippen LogP contribution >= 0.6 is 0 Å². The number of carbonyl (C=O) groups is 2. The fourth-order valence-corrected chi connectivity index (χ4v) is 3.50. The summed E-state index contributed by atoms with van der Waals surface area (Å²) in [6, 6.07) is 16.7. The van der Waals surface area contributed by atoms with Crippen LogP contribution in [0.4, 0.5) is 4.79 Å². The van der Waals surface area contributed by atoms with Gasteiger partial charge in [0.2, 0.25) is 5.89 Å². The Balaban J connectivity index is 1.58. The maximum Gasteiger partial charge on any atom is 0.325 e. The van der Waals surface area contributed by atoms with Crippen LogP contribution in [0.2, 0.25) is 0 Å². The van der Waals surface area contributed by atoms with Crippen molar-refractivity contribution < 1.29 is 14.0 Å². The molecule has 1 aliphatic heterocycles. The van der Waals surface area contributed by atoms with Crippen molar-refractivity contribution in [2.75, 3.05) is 0 Å². The highest BCUT2D eigenvalue weighted by Crippen LogP contribution is 2.33. The predicted molar refractivity (Wildman–Crippen MR) is 104 cm³/mol. The Kier molecular flexibility index (Phi) is 4.47. The monoisotopic (exact) mass is 375 g/mol. The number of carbonyl (C=O) groups excluding carboxylic acids is 2. The molecule has 2 heterocycles. The van der Waals surface area contributed by atoms with Gasteiger partial charge in [-0.15, -0.1) is 0 Å². The average molecular weight is 375 g/mol. The summed E-state index contributed by atoms with van der Waals surface area (Å²) in [6.07, 6.45) is 1.95. The number of nitrogens with zero attached hydrogens (tertiary/aromatic N) is 2. The minimum atomic E-state index is -1.04. The van der Waals surface area contributed by atoms with Crippen LogP contribution in [0.25, 0.3) is 11.5 Å². The first-order valence-corrected chi connectivity index (χ1v) is 9.24. The summed E-state index contributed by atoms with van der Waals surface area (Å²) < 4.78 is 5.55. The average Bonchev–Trinajstić information content (AvgIpc) is 3.28. The number of urea groups is 1. The van der Waals surface area contributed by atoms with Crippen LogP contribution in [0.15, 0.2) is 65.3 Å². The Bertz CT molecular complexity index is 1010. The minimum Gasteiger partial charge on any atom is -0.444 e. The second-order valence-electron chi connectivity index (χ2n) is 6.96. The maximum absolute atomic E-state index is 13.2. The van der Waals surface area contributed by atoms with E-state index >= 15 is 0 Å². The molecule has 6 heteroatoms. The lowest BCUT2D eigenvalue weighted by molar-refractivity contribution is -0.132. The van der Waals surface area contributed by atoms with Gasteiger partial charge in [0.15, 0.2) is 0 Å². The van der Waals surface area contributed by atoms with Gasteiger partial charge in [-0.3, -0.25) is 9.69 Å². The summed E-state index contributed by atoms with van der Waals surface area (Å²) in [6.45, 7) is 3.96. The minimum absolute atomic E-state index is 0.0641. The lowest BCUT2D eigenvalue weighted by Gasteiger charge is -2.25. The van der Waals surface area contributed by atoms with Gasteiger partial charge >= 0.3 is 6.03 Å². The van der Waals surface area contributed by atoms with Crippen molar-refractivity contribution in [1.82, 2.24) is 15.2 Å². The summed E-state index contributed by atoms with van der Waals surface area (Å²) in [5, 5.41) is 2.88. The molecule has 2 aromatic carbocycles. The molecule has 3 amide bonds. The molecule has 1 unspecified atom stereocenters. The van der Waals surface area contributed by atoms with Gasteiger partial charge < -0.3 is 9.73 Å². The summed E-state index contributed by atoms with van der Waals surface area (Å²) >= 11 is 0. The van der Waals surface area contributed by atoms with Gasteiger partial charge in [0.05, 0.1) is 12.2 Å². The first kappa shape index (κ1) is 18.0. The number of hydrogen-bond acceptors (Lipinski definition) is 4. The van der Waals surface area contributed by atoms with E-state index in [0.29, 0.717) is 18.0 Å². The lowest BCUT2D eigenvalue weighted by atomic mass is 9.87. The predicted octanol–water partition coefficient (Wildman–Crippen LogP) is 4.01.